The molecule has 3 heterocycles. The van der Waals surface area contributed by atoms with Gasteiger partial charge in [-0.15, -0.1) is 0 Å². The monoisotopic (exact) mass is 569 g/mol. The third-order valence-corrected chi connectivity index (χ3v) is 8.86. The second-order valence-corrected chi connectivity index (χ2v) is 12.5. The van der Waals surface area contributed by atoms with Crippen molar-refractivity contribution >= 4 is 5.78 Å². The van der Waals surface area contributed by atoms with Gasteiger partial charge >= 0.3 is 0 Å². The van der Waals surface area contributed by atoms with E-state index in [-0.39, 0.29) is 17.5 Å². The van der Waals surface area contributed by atoms with Gasteiger partial charge in [-0.05, 0) is 55.5 Å². The van der Waals surface area contributed by atoms with E-state index in [0.29, 0.717) is 31.7 Å². The first-order valence-electron chi connectivity index (χ1n) is 15.7. The number of nitrogens with zero attached hydrogens (tertiary/aromatic N) is 3. The van der Waals surface area contributed by atoms with Gasteiger partial charge in [0.05, 0.1) is 23.9 Å². The van der Waals surface area contributed by atoms with Crippen LogP contribution in [0.1, 0.15) is 86.2 Å². The van der Waals surface area contributed by atoms with Crippen LogP contribution < -0.4 is 0 Å². The molecule has 0 N–H and O–H groups in total. The molecule has 6 heteroatoms. The number of carbonyl (C=O) groups is 1. The number of unbranched alkanes of at least 4 members (excludes halogenated alkanes) is 1. The zero-order valence-corrected chi connectivity index (χ0v) is 25.6. The van der Waals surface area contributed by atoms with Gasteiger partial charge in [-0.25, -0.2) is 0 Å². The highest BCUT2D eigenvalue weighted by atomic mass is 16.5. The number of Topliss-reactive ketones (excluding diaryl/α,β-unsaturated/α-hetero) is 1. The Hall–Kier alpha value is -2.90. The molecule has 2 fully saturated rings. The summed E-state index contributed by atoms with van der Waals surface area (Å²) >= 11 is 0. The Morgan fingerprint density at radius 1 is 0.976 bits per heavy atom. The summed E-state index contributed by atoms with van der Waals surface area (Å²) in [6.07, 6.45) is 6.59. The van der Waals surface area contributed by atoms with Crippen molar-refractivity contribution in [3.8, 4) is 0 Å². The highest BCUT2D eigenvalue weighted by Gasteiger charge is 2.51. The standard InChI is InChI=1S/C36H47N3O3/c1-4-5-17-33(31-14-7-6-8-15-31)41-27-30-13-11-12-29(25-30)26-38-20-22-39(23-21-38)36(18-24-42-35(2,3)28-36)34(40)32-16-9-10-19-37-32/h6-16,19,25,33H,4-5,17-18,20-24,26-28H2,1-3H3/t33-,36+/m1/s1. The average Bonchev–Trinajstić information content (AvgIpc) is 3.01. The average molecular weight is 570 g/mol. The quantitative estimate of drug-likeness (QED) is 0.222. The maximum absolute atomic E-state index is 14.0. The fourth-order valence-corrected chi connectivity index (χ4v) is 6.69. The number of rotatable bonds is 12. The smallest absolute Gasteiger partial charge is 0.201 e. The fraction of sp³-hybridized carbons (Fsp3) is 0.500. The number of aromatic nitrogens is 1. The number of carbonyl (C=O) groups excluding carboxylic acids is 1. The Balaban J connectivity index is 1.21. The van der Waals surface area contributed by atoms with Crippen LogP contribution in [0.5, 0.6) is 0 Å². The number of piperazine rings is 1. The van der Waals surface area contributed by atoms with Gasteiger partial charge in [0.15, 0.2) is 0 Å². The SMILES string of the molecule is CCCC[C@@H](OCc1cccc(CN2CCN([C@@]3(C(=O)c4ccccn4)CCOC(C)(C)C3)CC2)c1)c1ccccc1. The molecule has 0 spiro atoms. The summed E-state index contributed by atoms with van der Waals surface area (Å²) in [5.41, 5.74) is 3.41. The summed E-state index contributed by atoms with van der Waals surface area (Å²) in [5, 5.41) is 0. The molecule has 0 radical (unpaired) electrons. The molecule has 0 saturated carbocycles. The highest BCUT2D eigenvalue weighted by Crippen LogP contribution is 2.39. The molecule has 3 aromatic rings. The first-order chi connectivity index (χ1) is 20.4. The Morgan fingerprint density at radius 2 is 1.74 bits per heavy atom. The largest absolute Gasteiger partial charge is 0.375 e. The van der Waals surface area contributed by atoms with Crippen LogP contribution in [0, 0.1) is 0 Å². The summed E-state index contributed by atoms with van der Waals surface area (Å²) in [4.78, 5) is 23.4. The van der Waals surface area contributed by atoms with Gasteiger partial charge in [-0.2, -0.15) is 0 Å². The van der Waals surface area contributed by atoms with Crippen molar-refractivity contribution in [3.05, 3.63) is 101 Å². The number of pyridine rings is 1. The van der Waals surface area contributed by atoms with Gasteiger partial charge in [0, 0.05) is 51.9 Å². The summed E-state index contributed by atoms with van der Waals surface area (Å²) in [5.74, 6) is 0.133. The molecular formula is C36H47N3O3. The molecule has 42 heavy (non-hydrogen) atoms. The maximum atomic E-state index is 14.0. The molecule has 2 aliphatic heterocycles. The van der Waals surface area contributed by atoms with Gasteiger partial charge in [0.25, 0.3) is 0 Å². The van der Waals surface area contributed by atoms with Gasteiger partial charge in [-0.3, -0.25) is 19.6 Å². The first-order valence-corrected chi connectivity index (χ1v) is 15.7. The Labute approximate surface area is 252 Å². The molecule has 1 aromatic heterocycles. The van der Waals surface area contributed by atoms with E-state index in [2.05, 4.69) is 90.2 Å². The first kappa shape index (κ1) is 30.6. The minimum absolute atomic E-state index is 0.124. The number of hydrogen-bond acceptors (Lipinski definition) is 6. The lowest BCUT2D eigenvalue weighted by Gasteiger charge is -2.52. The van der Waals surface area contributed by atoms with Crippen molar-refractivity contribution in [2.45, 2.75) is 83.3 Å². The van der Waals surface area contributed by atoms with E-state index >= 15 is 0 Å². The summed E-state index contributed by atoms with van der Waals surface area (Å²) in [6, 6.07) is 25.1. The minimum atomic E-state index is -0.577. The molecule has 0 bridgehead atoms. The normalized spacial score (nSPS) is 22.1. The zero-order valence-electron chi connectivity index (χ0n) is 25.6. The van der Waals surface area contributed by atoms with Crippen molar-refractivity contribution < 1.29 is 14.3 Å². The van der Waals surface area contributed by atoms with Crippen LogP contribution in [0.25, 0.3) is 0 Å². The number of ether oxygens (including phenoxy) is 2. The molecule has 2 aliphatic rings. The number of ketones is 1. The van der Waals surface area contributed by atoms with E-state index in [9.17, 15) is 4.79 Å². The maximum Gasteiger partial charge on any atom is 0.201 e. The number of hydrogen-bond donors (Lipinski definition) is 0. The van der Waals surface area contributed by atoms with Crippen LogP contribution in [0.2, 0.25) is 0 Å². The molecule has 0 amide bonds. The molecule has 0 unspecified atom stereocenters. The molecular weight excluding hydrogens is 522 g/mol. The molecule has 2 aromatic carbocycles. The minimum Gasteiger partial charge on any atom is -0.375 e. The van der Waals surface area contributed by atoms with Crippen LogP contribution >= 0.6 is 0 Å². The predicted octanol–water partition coefficient (Wildman–Crippen LogP) is 6.86. The van der Waals surface area contributed by atoms with Crippen LogP contribution in [0.4, 0.5) is 0 Å². The summed E-state index contributed by atoms with van der Waals surface area (Å²) in [7, 11) is 0. The fourth-order valence-electron chi connectivity index (χ4n) is 6.69. The third kappa shape index (κ3) is 7.54. The van der Waals surface area contributed by atoms with E-state index in [0.717, 1.165) is 45.6 Å². The number of benzene rings is 2. The zero-order chi connectivity index (χ0) is 29.4. The van der Waals surface area contributed by atoms with Crippen molar-refractivity contribution in [1.82, 2.24) is 14.8 Å². The Morgan fingerprint density at radius 3 is 2.45 bits per heavy atom. The van der Waals surface area contributed by atoms with Crippen LogP contribution in [0.3, 0.4) is 0 Å². The van der Waals surface area contributed by atoms with E-state index < -0.39 is 5.54 Å². The lowest BCUT2D eigenvalue weighted by Crippen LogP contribution is -2.65. The van der Waals surface area contributed by atoms with Crippen LogP contribution in [-0.4, -0.2) is 64.5 Å². The lowest BCUT2D eigenvalue weighted by atomic mass is 9.75. The lowest BCUT2D eigenvalue weighted by molar-refractivity contribution is -0.113. The molecule has 2 atom stereocenters. The summed E-state index contributed by atoms with van der Waals surface area (Å²) in [6.45, 7) is 12.1. The highest BCUT2D eigenvalue weighted by molar-refractivity contribution is 6.02. The molecule has 6 nitrogen and oxygen atoms in total. The Bertz CT molecular complexity index is 1270. The molecule has 0 aliphatic carbocycles. The molecule has 2 saturated heterocycles. The van der Waals surface area contributed by atoms with Crippen LogP contribution in [0.15, 0.2) is 79.0 Å². The second kappa shape index (κ2) is 14.0. The second-order valence-electron chi connectivity index (χ2n) is 12.5. The van der Waals surface area contributed by atoms with Crippen molar-refractivity contribution in [1.29, 1.82) is 0 Å². The van der Waals surface area contributed by atoms with Crippen molar-refractivity contribution in [2.24, 2.45) is 0 Å². The van der Waals surface area contributed by atoms with Crippen molar-refractivity contribution in [2.75, 3.05) is 32.8 Å². The summed E-state index contributed by atoms with van der Waals surface area (Å²) < 4.78 is 12.5. The molecule has 5 rings (SSSR count). The van der Waals surface area contributed by atoms with Gasteiger partial charge in [0.1, 0.15) is 5.69 Å². The van der Waals surface area contributed by atoms with Crippen molar-refractivity contribution in [3.63, 3.8) is 0 Å². The van der Waals surface area contributed by atoms with E-state index in [1.54, 1.807) is 6.20 Å². The molecule has 224 valence electrons. The van der Waals surface area contributed by atoms with Gasteiger partial charge in [-0.1, -0.05) is 80.4 Å². The van der Waals surface area contributed by atoms with E-state index in [4.69, 9.17) is 9.47 Å². The predicted molar refractivity (Wildman–Crippen MR) is 167 cm³/mol. The van der Waals surface area contributed by atoms with Gasteiger partial charge in [0.2, 0.25) is 5.78 Å². The van der Waals surface area contributed by atoms with Gasteiger partial charge < -0.3 is 9.47 Å². The topological polar surface area (TPSA) is 54.9 Å². The Kier molecular flexibility index (Phi) is 10.2. The van der Waals surface area contributed by atoms with Crippen LogP contribution in [-0.2, 0) is 22.6 Å². The van der Waals surface area contributed by atoms with E-state index in [1.807, 2.05) is 18.2 Å². The van der Waals surface area contributed by atoms with E-state index in [1.165, 1.54) is 23.1 Å². The third-order valence-electron chi connectivity index (χ3n) is 8.86.